The van der Waals surface area contributed by atoms with Crippen LogP contribution < -0.4 is 4.90 Å². The van der Waals surface area contributed by atoms with Gasteiger partial charge in [-0.05, 0) is 73.6 Å². The first-order chi connectivity index (χ1) is 18.4. The molecule has 38 heavy (non-hydrogen) atoms. The molecule has 0 unspecified atom stereocenters. The molecule has 0 atom stereocenters. The molecule has 5 rings (SSSR count). The number of rotatable bonds is 10. The number of aliphatic hydroxyl groups is 1. The van der Waals surface area contributed by atoms with Crippen LogP contribution in [0.4, 0.5) is 5.95 Å². The number of anilines is 1. The fourth-order valence-corrected chi connectivity index (χ4v) is 8.34. The van der Waals surface area contributed by atoms with Gasteiger partial charge in [-0.25, -0.2) is 27.7 Å². The molecule has 3 aromatic rings. The zero-order valence-electron chi connectivity index (χ0n) is 22.3. The number of piperidine rings is 2. The molecule has 2 fully saturated rings. The fraction of sp³-hybridized carbons (Fsp3) is 0.607. The molecule has 4 heterocycles. The van der Waals surface area contributed by atoms with Gasteiger partial charge in [-0.3, -0.25) is 0 Å². The van der Waals surface area contributed by atoms with E-state index >= 15 is 0 Å². The maximum atomic E-state index is 12.5. The minimum absolute atomic E-state index is 0.0305. The van der Waals surface area contributed by atoms with Gasteiger partial charge in [0.1, 0.15) is 0 Å². The largest absolute Gasteiger partial charge is 0.396 e. The molecule has 10 heteroatoms. The first-order valence-electron chi connectivity index (χ1n) is 14.0. The van der Waals surface area contributed by atoms with Gasteiger partial charge < -0.3 is 10.0 Å². The summed E-state index contributed by atoms with van der Waals surface area (Å²) in [5, 5.41) is 10.2. The Bertz CT molecular complexity index is 1300. The Morgan fingerprint density at radius 3 is 2.47 bits per heavy atom. The molecule has 0 aliphatic carbocycles. The lowest BCUT2D eigenvalue weighted by molar-refractivity contribution is 0.290. The molecule has 0 radical (unpaired) electrons. The Morgan fingerprint density at radius 1 is 1.05 bits per heavy atom. The molecular formula is C28H39N5O3S2. The van der Waals surface area contributed by atoms with Crippen LogP contribution in [0.25, 0.3) is 10.2 Å². The van der Waals surface area contributed by atoms with Crippen LogP contribution in [0.2, 0.25) is 0 Å². The second-order valence-electron chi connectivity index (χ2n) is 10.7. The Kier molecular flexibility index (Phi) is 8.92. The van der Waals surface area contributed by atoms with Gasteiger partial charge >= 0.3 is 0 Å². The average molecular weight is 558 g/mol. The van der Waals surface area contributed by atoms with Crippen molar-refractivity contribution in [2.45, 2.75) is 64.2 Å². The molecule has 2 aliphatic heterocycles. The second-order valence-corrected chi connectivity index (χ2v) is 13.9. The number of aliphatic hydroxyl groups excluding tert-OH is 1. The predicted octanol–water partition coefficient (Wildman–Crippen LogP) is 4.39. The molecule has 2 aromatic heterocycles. The molecular weight excluding hydrogens is 518 g/mol. The second kappa shape index (κ2) is 12.4. The van der Waals surface area contributed by atoms with Crippen molar-refractivity contribution >= 4 is 37.5 Å². The van der Waals surface area contributed by atoms with Crippen LogP contribution in [0.3, 0.4) is 0 Å². The van der Waals surface area contributed by atoms with E-state index in [9.17, 15) is 8.42 Å². The van der Waals surface area contributed by atoms with Crippen LogP contribution in [0, 0.1) is 5.92 Å². The lowest BCUT2D eigenvalue weighted by Gasteiger charge is -2.31. The highest BCUT2D eigenvalue weighted by atomic mass is 32.2. The van der Waals surface area contributed by atoms with Gasteiger partial charge in [0, 0.05) is 51.6 Å². The summed E-state index contributed by atoms with van der Waals surface area (Å²) in [6.45, 7) is 5.16. The minimum atomic E-state index is -3.26. The average Bonchev–Trinajstić information content (AvgIpc) is 3.34. The van der Waals surface area contributed by atoms with Crippen molar-refractivity contribution in [1.82, 2.24) is 19.3 Å². The van der Waals surface area contributed by atoms with Crippen LogP contribution >= 0.6 is 11.3 Å². The number of benzene rings is 1. The molecule has 0 spiro atoms. The third kappa shape index (κ3) is 6.52. The van der Waals surface area contributed by atoms with E-state index < -0.39 is 10.0 Å². The van der Waals surface area contributed by atoms with Gasteiger partial charge in [-0.2, -0.15) is 0 Å². The summed E-state index contributed by atoms with van der Waals surface area (Å²) in [6.07, 6.45) is 11.3. The normalized spacial score (nSPS) is 18.4. The molecule has 2 aliphatic rings. The summed E-state index contributed by atoms with van der Waals surface area (Å²) in [7, 11) is -3.26. The van der Waals surface area contributed by atoms with Crippen LogP contribution in [0.5, 0.6) is 0 Å². The monoisotopic (exact) mass is 557 g/mol. The topological polar surface area (TPSA) is 99.5 Å². The minimum Gasteiger partial charge on any atom is -0.396 e. The molecule has 2 saturated heterocycles. The van der Waals surface area contributed by atoms with Crippen LogP contribution in [-0.2, 0) is 22.9 Å². The van der Waals surface area contributed by atoms with Crippen molar-refractivity contribution in [1.29, 1.82) is 0 Å². The molecule has 1 N–H and O–H groups in total. The number of aryl methyl sites for hydroxylation is 1. The highest BCUT2D eigenvalue weighted by Crippen LogP contribution is 2.34. The highest BCUT2D eigenvalue weighted by molar-refractivity contribution is 7.89. The van der Waals surface area contributed by atoms with Gasteiger partial charge in [0.25, 0.3) is 0 Å². The van der Waals surface area contributed by atoms with E-state index in [-0.39, 0.29) is 12.4 Å². The highest BCUT2D eigenvalue weighted by Gasteiger charge is 2.28. The Hall–Kier alpha value is -2.14. The smallest absolute Gasteiger partial charge is 0.225 e. The van der Waals surface area contributed by atoms with E-state index in [1.165, 1.54) is 20.8 Å². The lowest BCUT2D eigenvalue weighted by Crippen LogP contribution is -2.39. The third-order valence-corrected chi connectivity index (χ3v) is 10.9. The SMILES string of the molecule is CCCc1cnc(N2CCC(Cc3nc4ccc(C5CCN(S(=O)(=O)CCCO)CC5)cc4s3)CC2)nc1. The van der Waals surface area contributed by atoms with E-state index in [2.05, 4.69) is 40.0 Å². The molecule has 8 nitrogen and oxygen atoms in total. The molecule has 0 amide bonds. The first-order valence-corrected chi connectivity index (χ1v) is 16.4. The Morgan fingerprint density at radius 2 is 1.79 bits per heavy atom. The van der Waals surface area contributed by atoms with Gasteiger partial charge in [-0.1, -0.05) is 19.4 Å². The Labute approximate surface area is 230 Å². The summed E-state index contributed by atoms with van der Waals surface area (Å²) in [4.78, 5) is 16.4. The van der Waals surface area contributed by atoms with Crippen molar-refractivity contribution in [3.63, 3.8) is 0 Å². The van der Waals surface area contributed by atoms with Crippen LogP contribution in [0.1, 0.15) is 67.5 Å². The van der Waals surface area contributed by atoms with Gasteiger partial charge in [-0.15, -0.1) is 11.3 Å². The zero-order valence-corrected chi connectivity index (χ0v) is 23.9. The lowest BCUT2D eigenvalue weighted by atomic mass is 9.90. The van der Waals surface area contributed by atoms with E-state index in [1.54, 1.807) is 15.6 Å². The molecule has 0 bridgehead atoms. The Balaban J connectivity index is 1.15. The number of thiazole rings is 1. The zero-order chi connectivity index (χ0) is 26.5. The van der Waals surface area contributed by atoms with Gasteiger partial charge in [0.2, 0.25) is 16.0 Å². The van der Waals surface area contributed by atoms with E-state index in [0.717, 1.165) is 69.5 Å². The van der Waals surface area contributed by atoms with Crippen molar-refractivity contribution in [2.24, 2.45) is 5.92 Å². The summed E-state index contributed by atoms with van der Waals surface area (Å²) >= 11 is 1.81. The van der Waals surface area contributed by atoms with Gasteiger partial charge in [0.05, 0.1) is 21.0 Å². The first kappa shape index (κ1) is 27.4. The predicted molar refractivity (Wildman–Crippen MR) is 153 cm³/mol. The molecule has 206 valence electrons. The number of sulfonamides is 1. The number of aromatic nitrogens is 3. The van der Waals surface area contributed by atoms with Crippen molar-refractivity contribution in [3.8, 4) is 0 Å². The number of fused-ring (bicyclic) bond motifs is 1. The molecule has 1 aromatic carbocycles. The van der Waals surface area contributed by atoms with Crippen LogP contribution in [0.15, 0.2) is 30.6 Å². The third-order valence-electron chi connectivity index (χ3n) is 7.93. The standard InChI is InChI=1S/C28H39N5O3S2/c1-2-4-22-19-29-28(30-20-22)32-11-7-21(8-12-32)17-27-31-25-6-5-24(18-26(25)37-27)23-9-13-33(14-10-23)38(35,36)16-3-15-34/h5-6,18-21,23,34H,2-4,7-17H2,1H3. The quantitative estimate of drug-likeness (QED) is 0.395. The number of hydrogen-bond donors (Lipinski definition) is 1. The number of hydrogen-bond acceptors (Lipinski definition) is 8. The van der Waals surface area contributed by atoms with E-state index in [4.69, 9.17) is 10.1 Å². The van der Waals surface area contributed by atoms with Crippen molar-refractivity contribution in [2.75, 3.05) is 43.4 Å². The number of nitrogens with zero attached hydrogens (tertiary/aromatic N) is 5. The molecule has 0 saturated carbocycles. The van der Waals surface area contributed by atoms with Crippen molar-refractivity contribution < 1.29 is 13.5 Å². The maximum Gasteiger partial charge on any atom is 0.225 e. The van der Waals surface area contributed by atoms with E-state index in [1.807, 2.05) is 12.4 Å². The summed E-state index contributed by atoms with van der Waals surface area (Å²) in [5.74, 6) is 1.88. The maximum absolute atomic E-state index is 12.5. The summed E-state index contributed by atoms with van der Waals surface area (Å²) in [5.41, 5.74) is 3.56. The van der Waals surface area contributed by atoms with E-state index in [0.29, 0.717) is 31.3 Å². The fourth-order valence-electron chi connectivity index (χ4n) is 5.69. The van der Waals surface area contributed by atoms with Crippen molar-refractivity contribution in [3.05, 3.63) is 46.7 Å². The van der Waals surface area contributed by atoms with Crippen LogP contribution in [-0.4, -0.2) is 71.3 Å². The summed E-state index contributed by atoms with van der Waals surface area (Å²) in [6, 6.07) is 6.59. The summed E-state index contributed by atoms with van der Waals surface area (Å²) < 4.78 is 27.7. The van der Waals surface area contributed by atoms with Gasteiger partial charge in [0.15, 0.2) is 0 Å².